The van der Waals surface area contributed by atoms with Crippen LogP contribution < -0.4 is 5.32 Å². The summed E-state index contributed by atoms with van der Waals surface area (Å²) in [7, 11) is 0. The second-order valence-electron chi connectivity index (χ2n) is 2.24. The van der Waals surface area contributed by atoms with Crippen LogP contribution in [0, 0.1) is 0 Å². The van der Waals surface area contributed by atoms with Gasteiger partial charge in [0, 0.05) is 23.0 Å². The molecule has 0 amide bonds. The Labute approximate surface area is 80.6 Å². The van der Waals surface area contributed by atoms with Crippen LogP contribution >= 0.6 is 23.1 Å². The molecule has 1 rings (SSSR count). The lowest BCUT2D eigenvalue weighted by molar-refractivity contribution is 0.998. The monoisotopic (exact) mass is 203 g/mol. The summed E-state index contributed by atoms with van der Waals surface area (Å²) in [6.45, 7) is 6.12. The highest BCUT2D eigenvalue weighted by atomic mass is 35.5. The summed E-state index contributed by atoms with van der Waals surface area (Å²) in [5.74, 6) is 0.864. The van der Waals surface area contributed by atoms with Crippen LogP contribution in [0.4, 0.5) is 5.13 Å². The maximum absolute atomic E-state index is 5.57. The minimum absolute atomic E-state index is 0.542. The van der Waals surface area contributed by atoms with E-state index in [1.807, 2.05) is 6.92 Å². The summed E-state index contributed by atoms with van der Waals surface area (Å²) in [5, 5.41) is 4.38. The summed E-state index contributed by atoms with van der Waals surface area (Å²) < 4.78 is 4.11. The molecule has 0 aromatic carbocycles. The Morgan fingerprint density at radius 1 is 1.75 bits per heavy atom. The molecule has 0 unspecified atom stereocenters. The predicted molar refractivity (Wildman–Crippen MR) is 52.8 cm³/mol. The third kappa shape index (κ3) is 2.79. The van der Waals surface area contributed by atoms with Crippen LogP contribution in [0.15, 0.2) is 11.6 Å². The van der Waals surface area contributed by atoms with E-state index in [1.54, 1.807) is 0 Å². The molecule has 1 aromatic rings. The molecular weight excluding hydrogens is 194 g/mol. The molecule has 12 heavy (non-hydrogen) atoms. The molecule has 0 fully saturated rings. The molecule has 0 saturated carbocycles. The van der Waals surface area contributed by atoms with Gasteiger partial charge in [0.05, 0.1) is 6.54 Å². The minimum Gasteiger partial charge on any atom is -0.355 e. The van der Waals surface area contributed by atoms with E-state index >= 15 is 0 Å². The largest absolute Gasteiger partial charge is 0.355 e. The van der Waals surface area contributed by atoms with E-state index < -0.39 is 0 Å². The van der Waals surface area contributed by atoms with Gasteiger partial charge in [-0.15, -0.1) is 0 Å². The molecule has 0 aliphatic carbocycles. The lowest BCUT2D eigenvalue weighted by Gasteiger charge is -1.96. The summed E-state index contributed by atoms with van der Waals surface area (Å²) >= 11 is 6.91. The van der Waals surface area contributed by atoms with E-state index in [2.05, 4.69) is 21.3 Å². The van der Waals surface area contributed by atoms with Crippen LogP contribution in [-0.4, -0.2) is 15.9 Å². The van der Waals surface area contributed by atoms with Gasteiger partial charge in [0.1, 0.15) is 5.82 Å². The summed E-state index contributed by atoms with van der Waals surface area (Å²) in [4.78, 5) is 4.20. The molecule has 1 aromatic heterocycles. The Balaban J connectivity index is 2.47. The van der Waals surface area contributed by atoms with Crippen molar-refractivity contribution in [3.63, 3.8) is 0 Å². The van der Waals surface area contributed by atoms with Gasteiger partial charge >= 0.3 is 0 Å². The second kappa shape index (κ2) is 4.42. The SMILES string of the molecule is C=C(Cl)CNc1nc(CC)ns1. The number of halogens is 1. The highest BCUT2D eigenvalue weighted by Gasteiger charge is 2.00. The second-order valence-corrected chi connectivity index (χ2v) is 3.53. The molecule has 66 valence electrons. The first-order valence-corrected chi connectivity index (χ1v) is 4.77. The molecule has 5 heteroatoms. The highest BCUT2D eigenvalue weighted by molar-refractivity contribution is 7.09. The van der Waals surface area contributed by atoms with Crippen LogP contribution in [0.5, 0.6) is 0 Å². The fraction of sp³-hybridized carbons (Fsp3) is 0.429. The van der Waals surface area contributed by atoms with Gasteiger partial charge in [-0.3, -0.25) is 0 Å². The van der Waals surface area contributed by atoms with Crippen molar-refractivity contribution in [2.45, 2.75) is 13.3 Å². The number of rotatable bonds is 4. The van der Waals surface area contributed by atoms with Crippen molar-refractivity contribution in [3.05, 3.63) is 17.4 Å². The van der Waals surface area contributed by atoms with Crippen molar-refractivity contribution in [2.75, 3.05) is 11.9 Å². The van der Waals surface area contributed by atoms with Gasteiger partial charge < -0.3 is 5.32 Å². The Hall–Kier alpha value is -0.610. The quantitative estimate of drug-likeness (QED) is 0.816. The maximum atomic E-state index is 5.57. The Bertz CT molecular complexity index is 271. The van der Waals surface area contributed by atoms with Crippen molar-refractivity contribution in [2.24, 2.45) is 0 Å². The summed E-state index contributed by atoms with van der Waals surface area (Å²) in [6.07, 6.45) is 0.861. The molecule has 0 spiro atoms. The Morgan fingerprint density at radius 2 is 2.50 bits per heavy atom. The molecule has 1 heterocycles. The lowest BCUT2D eigenvalue weighted by Crippen LogP contribution is -2.00. The van der Waals surface area contributed by atoms with Gasteiger partial charge in [0.15, 0.2) is 0 Å². The Kier molecular flexibility index (Phi) is 3.49. The highest BCUT2D eigenvalue weighted by Crippen LogP contribution is 2.11. The smallest absolute Gasteiger partial charge is 0.202 e. The van der Waals surface area contributed by atoms with Gasteiger partial charge in [0.2, 0.25) is 5.13 Å². The number of nitrogens with one attached hydrogen (secondary N) is 1. The number of aromatic nitrogens is 2. The topological polar surface area (TPSA) is 37.8 Å². The van der Waals surface area contributed by atoms with Gasteiger partial charge in [0.25, 0.3) is 0 Å². The number of aryl methyl sites for hydroxylation is 1. The first kappa shape index (κ1) is 9.48. The molecular formula is C7H10ClN3S. The third-order valence-electron chi connectivity index (χ3n) is 1.22. The summed E-state index contributed by atoms with van der Waals surface area (Å²) in [5.41, 5.74) is 0. The molecule has 1 N–H and O–H groups in total. The van der Waals surface area contributed by atoms with Crippen molar-refractivity contribution in [1.82, 2.24) is 9.36 Å². The number of anilines is 1. The van der Waals surface area contributed by atoms with Crippen LogP contribution in [0.1, 0.15) is 12.7 Å². The zero-order valence-corrected chi connectivity index (χ0v) is 8.37. The van der Waals surface area contributed by atoms with Crippen molar-refractivity contribution >= 4 is 28.3 Å². The van der Waals surface area contributed by atoms with E-state index in [1.165, 1.54) is 11.5 Å². The van der Waals surface area contributed by atoms with Gasteiger partial charge in [-0.05, 0) is 0 Å². The fourth-order valence-corrected chi connectivity index (χ4v) is 1.35. The van der Waals surface area contributed by atoms with Gasteiger partial charge in [-0.2, -0.15) is 4.37 Å². The molecule has 0 atom stereocenters. The normalized spacial score (nSPS) is 9.83. The molecule has 3 nitrogen and oxygen atoms in total. The van der Waals surface area contributed by atoms with E-state index in [4.69, 9.17) is 11.6 Å². The minimum atomic E-state index is 0.542. The van der Waals surface area contributed by atoms with Gasteiger partial charge in [-0.25, -0.2) is 4.98 Å². The van der Waals surface area contributed by atoms with Crippen LogP contribution in [0.25, 0.3) is 0 Å². The fourth-order valence-electron chi connectivity index (χ4n) is 0.641. The van der Waals surface area contributed by atoms with E-state index in [0.29, 0.717) is 11.6 Å². The van der Waals surface area contributed by atoms with E-state index in [9.17, 15) is 0 Å². The zero-order chi connectivity index (χ0) is 8.97. The zero-order valence-electron chi connectivity index (χ0n) is 6.80. The molecule has 0 saturated heterocycles. The van der Waals surface area contributed by atoms with Crippen LogP contribution in [0.2, 0.25) is 0 Å². The lowest BCUT2D eigenvalue weighted by atomic mass is 10.5. The molecule has 0 bridgehead atoms. The third-order valence-corrected chi connectivity index (χ3v) is 2.06. The van der Waals surface area contributed by atoms with Crippen molar-refractivity contribution < 1.29 is 0 Å². The first-order valence-electron chi connectivity index (χ1n) is 3.62. The molecule has 0 aliphatic heterocycles. The standard InChI is InChI=1S/C7H10ClN3S/c1-3-6-10-7(12-11-6)9-4-5(2)8/h2-4H2,1H3,(H,9,10,11). The summed E-state index contributed by atoms with van der Waals surface area (Å²) in [6, 6.07) is 0. The number of hydrogen-bond acceptors (Lipinski definition) is 4. The van der Waals surface area contributed by atoms with Gasteiger partial charge in [-0.1, -0.05) is 25.1 Å². The Morgan fingerprint density at radius 3 is 3.00 bits per heavy atom. The average molecular weight is 204 g/mol. The van der Waals surface area contributed by atoms with Crippen molar-refractivity contribution in [1.29, 1.82) is 0 Å². The van der Waals surface area contributed by atoms with E-state index in [-0.39, 0.29) is 0 Å². The molecule has 0 radical (unpaired) electrons. The van der Waals surface area contributed by atoms with Crippen molar-refractivity contribution in [3.8, 4) is 0 Å². The van der Waals surface area contributed by atoms with Crippen LogP contribution in [0.3, 0.4) is 0 Å². The van der Waals surface area contributed by atoms with Crippen LogP contribution in [-0.2, 0) is 6.42 Å². The number of hydrogen-bond donors (Lipinski definition) is 1. The van der Waals surface area contributed by atoms with E-state index in [0.717, 1.165) is 17.4 Å². The predicted octanol–water partition coefficient (Wildman–Crippen LogP) is 2.26. The average Bonchev–Trinajstić information content (AvgIpc) is 2.48. The maximum Gasteiger partial charge on any atom is 0.202 e. The molecule has 0 aliphatic rings. The number of nitrogens with zero attached hydrogens (tertiary/aromatic N) is 2. The first-order chi connectivity index (χ1) is 5.72.